The molecule has 3 N–H and O–H groups in total. The summed E-state index contributed by atoms with van der Waals surface area (Å²) < 4.78 is 0. The first kappa shape index (κ1) is 10.4. The Morgan fingerprint density at radius 1 is 1.38 bits per heavy atom. The monoisotopic (exact) mass is 196 g/mol. The summed E-state index contributed by atoms with van der Waals surface area (Å²) in [5, 5.41) is 3.34. The van der Waals surface area contributed by atoms with Gasteiger partial charge in [-0.1, -0.05) is 18.2 Å². The molecule has 0 saturated heterocycles. The zero-order valence-electron chi connectivity index (χ0n) is 7.92. The number of hydrogen-bond acceptors (Lipinski definition) is 3. The molecular weight excluding hydrogens is 180 g/mol. The van der Waals surface area contributed by atoms with Crippen molar-refractivity contribution in [1.29, 1.82) is 0 Å². The third-order valence-corrected chi connectivity index (χ3v) is 2.47. The van der Waals surface area contributed by atoms with Crippen molar-refractivity contribution in [3.05, 3.63) is 29.8 Å². The highest BCUT2D eigenvalue weighted by atomic mass is 32.2. The van der Waals surface area contributed by atoms with Crippen LogP contribution in [0.4, 0.5) is 5.69 Å². The number of thioether (sulfide) groups is 1. The van der Waals surface area contributed by atoms with Crippen molar-refractivity contribution in [2.45, 2.75) is 6.54 Å². The van der Waals surface area contributed by atoms with Crippen LogP contribution < -0.4 is 11.1 Å². The second kappa shape index (κ2) is 5.89. The smallest absolute Gasteiger partial charge is 0.0359 e. The predicted molar refractivity (Wildman–Crippen MR) is 60.9 cm³/mol. The molecule has 0 aliphatic rings. The standard InChI is InChI=1S/C10H16N2S/c1-13-7-6-12-8-9-4-2-3-5-10(9)11/h2-5,12H,6-8,11H2,1H3. The molecule has 0 aliphatic carbocycles. The molecule has 0 atom stereocenters. The molecule has 0 aliphatic heterocycles. The third kappa shape index (κ3) is 3.70. The van der Waals surface area contributed by atoms with Crippen molar-refractivity contribution in [2.24, 2.45) is 0 Å². The Labute approximate surface area is 83.9 Å². The van der Waals surface area contributed by atoms with Gasteiger partial charge in [0.25, 0.3) is 0 Å². The first-order chi connectivity index (χ1) is 6.34. The molecular formula is C10H16N2S. The number of nitrogens with two attached hydrogens (primary N) is 1. The maximum Gasteiger partial charge on any atom is 0.0359 e. The maximum absolute atomic E-state index is 5.79. The zero-order chi connectivity index (χ0) is 9.52. The van der Waals surface area contributed by atoms with Gasteiger partial charge >= 0.3 is 0 Å². The molecule has 13 heavy (non-hydrogen) atoms. The zero-order valence-corrected chi connectivity index (χ0v) is 8.73. The highest BCUT2D eigenvalue weighted by Gasteiger charge is 1.95. The minimum atomic E-state index is 0.868. The Morgan fingerprint density at radius 3 is 2.85 bits per heavy atom. The number of anilines is 1. The Balaban J connectivity index is 2.32. The molecule has 0 heterocycles. The molecule has 0 aromatic heterocycles. The lowest BCUT2D eigenvalue weighted by Gasteiger charge is -2.06. The van der Waals surface area contributed by atoms with Gasteiger partial charge in [-0.3, -0.25) is 0 Å². The van der Waals surface area contributed by atoms with E-state index in [4.69, 9.17) is 5.73 Å². The van der Waals surface area contributed by atoms with E-state index in [9.17, 15) is 0 Å². The van der Waals surface area contributed by atoms with Crippen molar-refractivity contribution in [2.75, 3.05) is 24.3 Å². The summed E-state index contributed by atoms with van der Waals surface area (Å²) in [4.78, 5) is 0. The van der Waals surface area contributed by atoms with Gasteiger partial charge < -0.3 is 11.1 Å². The Hall–Kier alpha value is -0.670. The second-order valence-corrected chi connectivity index (χ2v) is 3.85. The van der Waals surface area contributed by atoms with Crippen molar-refractivity contribution in [1.82, 2.24) is 5.32 Å². The van der Waals surface area contributed by atoms with E-state index < -0.39 is 0 Å². The van der Waals surface area contributed by atoms with Crippen LogP contribution in [-0.2, 0) is 6.54 Å². The Morgan fingerprint density at radius 2 is 2.15 bits per heavy atom. The van der Waals surface area contributed by atoms with Gasteiger partial charge in [0, 0.05) is 24.5 Å². The average Bonchev–Trinajstić information content (AvgIpc) is 2.15. The normalized spacial score (nSPS) is 10.2. The molecule has 0 saturated carbocycles. The molecule has 2 nitrogen and oxygen atoms in total. The van der Waals surface area contributed by atoms with E-state index in [0.717, 1.165) is 24.5 Å². The van der Waals surface area contributed by atoms with E-state index >= 15 is 0 Å². The van der Waals surface area contributed by atoms with Crippen molar-refractivity contribution < 1.29 is 0 Å². The van der Waals surface area contributed by atoms with Crippen molar-refractivity contribution >= 4 is 17.4 Å². The number of nitrogen functional groups attached to an aromatic ring is 1. The fourth-order valence-corrected chi connectivity index (χ4v) is 1.44. The van der Waals surface area contributed by atoms with Gasteiger partial charge in [-0.2, -0.15) is 11.8 Å². The fourth-order valence-electron chi connectivity index (χ4n) is 1.09. The summed E-state index contributed by atoms with van der Waals surface area (Å²) >= 11 is 1.85. The van der Waals surface area contributed by atoms with Crippen LogP contribution in [0, 0.1) is 0 Å². The highest BCUT2D eigenvalue weighted by Crippen LogP contribution is 2.09. The highest BCUT2D eigenvalue weighted by molar-refractivity contribution is 7.98. The molecule has 0 bridgehead atoms. The molecule has 0 fully saturated rings. The number of hydrogen-bond donors (Lipinski definition) is 2. The SMILES string of the molecule is CSCCNCc1ccccc1N. The average molecular weight is 196 g/mol. The predicted octanol–water partition coefficient (Wildman–Crippen LogP) is 1.72. The lowest BCUT2D eigenvalue weighted by molar-refractivity contribution is 0.734. The number of para-hydroxylation sites is 1. The van der Waals surface area contributed by atoms with Crippen molar-refractivity contribution in [3.8, 4) is 0 Å². The molecule has 3 heteroatoms. The third-order valence-electron chi connectivity index (χ3n) is 1.85. The Bertz CT molecular complexity index is 250. The number of benzene rings is 1. The van der Waals surface area contributed by atoms with E-state index in [0.29, 0.717) is 0 Å². The molecule has 1 rings (SSSR count). The van der Waals surface area contributed by atoms with E-state index in [2.05, 4.69) is 17.6 Å². The van der Waals surface area contributed by atoms with E-state index in [1.165, 1.54) is 5.56 Å². The summed E-state index contributed by atoms with van der Waals surface area (Å²) in [5.41, 5.74) is 7.85. The van der Waals surface area contributed by atoms with E-state index in [-0.39, 0.29) is 0 Å². The van der Waals surface area contributed by atoms with Gasteiger partial charge in [-0.25, -0.2) is 0 Å². The van der Waals surface area contributed by atoms with Gasteiger partial charge in [-0.05, 0) is 17.9 Å². The summed E-state index contributed by atoms with van der Waals surface area (Å²) in [6.45, 7) is 1.91. The molecule has 0 unspecified atom stereocenters. The van der Waals surface area contributed by atoms with E-state index in [1.54, 1.807) is 0 Å². The van der Waals surface area contributed by atoms with Crippen LogP contribution in [0.25, 0.3) is 0 Å². The number of nitrogens with one attached hydrogen (secondary N) is 1. The fraction of sp³-hybridized carbons (Fsp3) is 0.400. The van der Waals surface area contributed by atoms with Crippen LogP contribution in [-0.4, -0.2) is 18.6 Å². The first-order valence-corrected chi connectivity index (χ1v) is 5.77. The largest absolute Gasteiger partial charge is 0.398 e. The summed E-state index contributed by atoms with van der Waals surface area (Å²) in [5.74, 6) is 1.15. The second-order valence-electron chi connectivity index (χ2n) is 2.87. The minimum Gasteiger partial charge on any atom is -0.398 e. The summed E-state index contributed by atoms with van der Waals surface area (Å²) in [6.07, 6.45) is 2.11. The van der Waals surface area contributed by atoms with Crippen LogP contribution in [0.2, 0.25) is 0 Å². The number of rotatable bonds is 5. The molecule has 72 valence electrons. The first-order valence-electron chi connectivity index (χ1n) is 4.37. The van der Waals surface area contributed by atoms with Crippen LogP contribution in [0.1, 0.15) is 5.56 Å². The van der Waals surface area contributed by atoms with Gasteiger partial charge in [0.1, 0.15) is 0 Å². The molecule has 1 aromatic rings. The molecule has 0 spiro atoms. The van der Waals surface area contributed by atoms with E-state index in [1.807, 2.05) is 30.0 Å². The van der Waals surface area contributed by atoms with Crippen LogP contribution in [0.3, 0.4) is 0 Å². The van der Waals surface area contributed by atoms with Gasteiger partial charge in [-0.15, -0.1) is 0 Å². The molecule has 0 radical (unpaired) electrons. The van der Waals surface area contributed by atoms with Crippen LogP contribution >= 0.6 is 11.8 Å². The van der Waals surface area contributed by atoms with Gasteiger partial charge in [0.05, 0.1) is 0 Å². The van der Waals surface area contributed by atoms with Crippen LogP contribution in [0.5, 0.6) is 0 Å². The van der Waals surface area contributed by atoms with Gasteiger partial charge in [0.15, 0.2) is 0 Å². The molecule has 1 aromatic carbocycles. The summed E-state index contributed by atoms with van der Waals surface area (Å²) in [7, 11) is 0. The quantitative estimate of drug-likeness (QED) is 0.556. The minimum absolute atomic E-state index is 0.868. The topological polar surface area (TPSA) is 38.0 Å². The lowest BCUT2D eigenvalue weighted by Crippen LogP contribution is -2.17. The summed E-state index contributed by atoms with van der Waals surface area (Å²) in [6, 6.07) is 7.97. The van der Waals surface area contributed by atoms with Crippen LogP contribution in [0.15, 0.2) is 24.3 Å². The van der Waals surface area contributed by atoms with Crippen molar-refractivity contribution in [3.63, 3.8) is 0 Å². The molecule has 0 amide bonds. The Kier molecular flexibility index (Phi) is 4.72. The lowest BCUT2D eigenvalue weighted by atomic mass is 10.2. The van der Waals surface area contributed by atoms with Gasteiger partial charge in [0.2, 0.25) is 0 Å². The maximum atomic E-state index is 5.79.